The number of rotatable bonds is 0. The first kappa shape index (κ1) is 7.87. The van der Waals surface area contributed by atoms with Crippen LogP contribution in [0, 0.1) is 13.0 Å². The molecule has 45 valence electrons. The Bertz CT molecular complexity index is 134. The Morgan fingerprint density at radius 2 is 2.12 bits per heavy atom. The summed E-state index contributed by atoms with van der Waals surface area (Å²) in [5.41, 5.74) is 1.20. The van der Waals surface area contributed by atoms with Gasteiger partial charge in [0.1, 0.15) is 0 Å². The Labute approximate surface area is 63.3 Å². The minimum Gasteiger partial charge on any atom is -0.181 e. The van der Waals surface area contributed by atoms with Crippen LogP contribution < -0.4 is 0 Å². The molecule has 1 aromatic carbocycles. The molecule has 8 heavy (non-hydrogen) atoms. The van der Waals surface area contributed by atoms with Gasteiger partial charge in [0, 0.05) is 20.1 Å². The van der Waals surface area contributed by atoms with Gasteiger partial charge in [-0.2, -0.15) is 35.9 Å². The van der Waals surface area contributed by atoms with Gasteiger partial charge in [-0.3, -0.25) is 0 Å². The third-order valence-electron chi connectivity index (χ3n) is 0.865. The van der Waals surface area contributed by atoms with Crippen molar-refractivity contribution in [2.24, 2.45) is 0 Å². The largest absolute Gasteiger partial charge is 0.181 e. The summed E-state index contributed by atoms with van der Waals surface area (Å²) >= 11 is 0. The van der Waals surface area contributed by atoms with Crippen LogP contribution in [0.5, 0.6) is 0 Å². The number of benzene rings is 1. The normalized spacial score (nSPS) is 7.62. The Balaban J connectivity index is 0.000000490. The van der Waals surface area contributed by atoms with Crippen LogP contribution in [0.2, 0.25) is 0 Å². The maximum absolute atomic E-state index is 3.03. The van der Waals surface area contributed by atoms with Crippen LogP contribution in [0.4, 0.5) is 0 Å². The zero-order chi connectivity index (χ0) is 5.11. The smallest absolute Gasteiger partial charge is 0 e. The molecule has 0 fully saturated rings. The van der Waals surface area contributed by atoms with Crippen molar-refractivity contribution < 1.29 is 20.1 Å². The van der Waals surface area contributed by atoms with E-state index in [1.165, 1.54) is 5.56 Å². The van der Waals surface area contributed by atoms with Gasteiger partial charge in [0.15, 0.2) is 0 Å². The van der Waals surface area contributed by atoms with Crippen molar-refractivity contribution >= 4 is 0 Å². The molecule has 0 saturated heterocycles. The van der Waals surface area contributed by atoms with E-state index >= 15 is 0 Å². The van der Waals surface area contributed by atoms with Crippen molar-refractivity contribution in [3.8, 4) is 0 Å². The summed E-state index contributed by atoms with van der Waals surface area (Å²) in [5.74, 6) is 0. The summed E-state index contributed by atoms with van der Waals surface area (Å²) in [5, 5.41) is 0. The van der Waals surface area contributed by atoms with E-state index in [4.69, 9.17) is 0 Å². The van der Waals surface area contributed by atoms with Crippen molar-refractivity contribution in [2.45, 2.75) is 6.92 Å². The zero-order valence-electron chi connectivity index (χ0n) is 4.64. The van der Waals surface area contributed by atoms with E-state index in [1.54, 1.807) is 0 Å². The third kappa shape index (κ3) is 2.25. The molecule has 0 N–H and O–H groups in total. The van der Waals surface area contributed by atoms with Crippen LogP contribution in [0.15, 0.2) is 24.3 Å². The molecule has 1 aromatic rings. The Morgan fingerprint density at radius 3 is 2.38 bits per heavy atom. The van der Waals surface area contributed by atoms with Gasteiger partial charge >= 0.3 is 0 Å². The van der Waals surface area contributed by atoms with E-state index < -0.39 is 0 Å². The summed E-state index contributed by atoms with van der Waals surface area (Å²) in [4.78, 5) is 0. The molecule has 0 atom stereocenters. The second-order valence-electron chi connectivity index (χ2n) is 1.55. The average molecular weight is 283 g/mol. The van der Waals surface area contributed by atoms with Crippen LogP contribution in [-0.2, 0) is 20.1 Å². The molecule has 1 heteroatoms. The Morgan fingerprint density at radius 1 is 1.38 bits per heavy atom. The topological polar surface area (TPSA) is 0 Å². The minimum atomic E-state index is 0. The van der Waals surface area contributed by atoms with Gasteiger partial charge in [-0.25, -0.2) is 0 Å². The second-order valence-corrected chi connectivity index (χ2v) is 1.55. The quantitative estimate of drug-likeness (QED) is 0.637. The van der Waals surface area contributed by atoms with Crippen LogP contribution in [0.1, 0.15) is 5.56 Å². The standard InChI is InChI=1S/C7H7.Ir/c1-7-5-3-2-4-6-7;/h2-5H,1H3;/q-1;. The fourth-order valence-electron chi connectivity index (χ4n) is 0.483. The van der Waals surface area contributed by atoms with E-state index in [-0.39, 0.29) is 20.1 Å². The third-order valence-corrected chi connectivity index (χ3v) is 0.865. The first-order chi connectivity index (χ1) is 3.39. The van der Waals surface area contributed by atoms with Crippen molar-refractivity contribution in [1.29, 1.82) is 0 Å². The number of hydrogen-bond acceptors (Lipinski definition) is 0. The van der Waals surface area contributed by atoms with Crippen molar-refractivity contribution in [1.82, 2.24) is 0 Å². The first-order valence-electron chi connectivity index (χ1n) is 2.33. The molecule has 0 nitrogen and oxygen atoms in total. The van der Waals surface area contributed by atoms with Crippen LogP contribution in [0.3, 0.4) is 0 Å². The molecule has 0 spiro atoms. The van der Waals surface area contributed by atoms with E-state index in [0.29, 0.717) is 0 Å². The average Bonchev–Trinajstić information content (AvgIpc) is 1.69. The molecule has 0 aliphatic rings. The molecule has 0 unspecified atom stereocenters. The van der Waals surface area contributed by atoms with Crippen LogP contribution >= 0.6 is 0 Å². The van der Waals surface area contributed by atoms with Crippen molar-refractivity contribution in [2.75, 3.05) is 0 Å². The van der Waals surface area contributed by atoms with Gasteiger partial charge in [-0.05, 0) is 0 Å². The fourth-order valence-corrected chi connectivity index (χ4v) is 0.483. The Hall–Kier alpha value is -0.131. The van der Waals surface area contributed by atoms with Gasteiger partial charge in [-0.15, -0.1) is 0 Å². The molecule has 0 heterocycles. The summed E-state index contributed by atoms with van der Waals surface area (Å²) in [6.07, 6.45) is 0. The minimum absolute atomic E-state index is 0. The molecule has 0 bridgehead atoms. The molecule has 0 saturated carbocycles. The molecule has 1 rings (SSSR count). The fraction of sp³-hybridized carbons (Fsp3) is 0.143. The molecular weight excluding hydrogens is 276 g/mol. The predicted octanol–water partition coefficient (Wildman–Crippen LogP) is 1.79. The van der Waals surface area contributed by atoms with E-state index in [1.807, 2.05) is 31.2 Å². The van der Waals surface area contributed by atoms with Gasteiger partial charge in [0.25, 0.3) is 0 Å². The maximum Gasteiger partial charge on any atom is 0 e. The maximum atomic E-state index is 3.03. The van der Waals surface area contributed by atoms with E-state index in [0.717, 1.165) is 0 Å². The molecule has 0 aromatic heterocycles. The summed E-state index contributed by atoms with van der Waals surface area (Å²) in [7, 11) is 0. The summed E-state index contributed by atoms with van der Waals surface area (Å²) in [6, 6.07) is 10.9. The second kappa shape index (κ2) is 3.82. The molecule has 0 aliphatic carbocycles. The van der Waals surface area contributed by atoms with Crippen molar-refractivity contribution in [3.05, 3.63) is 35.9 Å². The summed E-state index contributed by atoms with van der Waals surface area (Å²) < 4.78 is 0. The Kier molecular flexibility index (Phi) is 3.76. The number of aryl methyl sites for hydroxylation is 1. The first-order valence-corrected chi connectivity index (χ1v) is 2.33. The van der Waals surface area contributed by atoms with Crippen LogP contribution in [0.25, 0.3) is 0 Å². The van der Waals surface area contributed by atoms with Gasteiger partial charge in [0.05, 0.1) is 0 Å². The van der Waals surface area contributed by atoms with Crippen molar-refractivity contribution in [3.63, 3.8) is 0 Å². The molecule has 0 amide bonds. The SMILES string of the molecule is Cc1[c-]cccc1.[Ir]. The van der Waals surface area contributed by atoms with Gasteiger partial charge in [0.2, 0.25) is 0 Å². The van der Waals surface area contributed by atoms with Gasteiger partial charge in [-0.1, -0.05) is 6.92 Å². The van der Waals surface area contributed by atoms with Gasteiger partial charge < -0.3 is 0 Å². The predicted molar refractivity (Wildman–Crippen MR) is 30.0 cm³/mol. The molecule has 0 aliphatic heterocycles. The number of hydrogen-bond donors (Lipinski definition) is 0. The molecular formula is C7H7Ir-. The summed E-state index contributed by atoms with van der Waals surface area (Å²) in [6.45, 7) is 2.03. The monoisotopic (exact) mass is 284 g/mol. The molecule has 1 radical (unpaired) electrons. The van der Waals surface area contributed by atoms with E-state index in [9.17, 15) is 0 Å². The van der Waals surface area contributed by atoms with E-state index in [2.05, 4.69) is 6.07 Å². The van der Waals surface area contributed by atoms with Crippen LogP contribution in [-0.4, -0.2) is 0 Å². The zero-order valence-corrected chi connectivity index (χ0v) is 7.04.